The lowest BCUT2D eigenvalue weighted by Crippen LogP contribution is -2.48. The lowest BCUT2D eigenvalue weighted by atomic mass is 9.94. The minimum Gasteiger partial charge on any atom is -0.466 e. The van der Waals surface area contributed by atoms with Crippen molar-refractivity contribution in [3.05, 3.63) is 75.5 Å². The number of benzene rings is 2. The molecule has 3 N–H and O–H groups in total. The summed E-state index contributed by atoms with van der Waals surface area (Å²) in [4.78, 5) is 49.1. The number of nitro groups is 1. The molecule has 11 nitrogen and oxygen atoms in total. The number of ether oxygens (including phenoxy) is 1. The SMILES string of the molecule is CCCN1C(=O)NC(c2ccc(NC(=O)Nc3ccc([N+](=O)[O-])cc3)cc2)C(C(=O)OC)=C1C. The van der Waals surface area contributed by atoms with Gasteiger partial charge in [0.25, 0.3) is 5.69 Å². The molecule has 0 fully saturated rings. The van der Waals surface area contributed by atoms with E-state index in [4.69, 9.17) is 4.74 Å². The normalized spacial score (nSPS) is 15.4. The minimum atomic E-state index is -0.698. The highest BCUT2D eigenvalue weighted by atomic mass is 16.6. The van der Waals surface area contributed by atoms with Gasteiger partial charge in [-0.25, -0.2) is 14.4 Å². The summed E-state index contributed by atoms with van der Waals surface area (Å²) in [5, 5.41) is 18.8. The fourth-order valence-corrected chi connectivity index (χ4v) is 3.62. The van der Waals surface area contributed by atoms with E-state index in [9.17, 15) is 24.5 Å². The molecule has 34 heavy (non-hydrogen) atoms. The Labute approximate surface area is 195 Å². The van der Waals surface area contributed by atoms with Crippen molar-refractivity contribution in [1.82, 2.24) is 10.2 Å². The van der Waals surface area contributed by atoms with Gasteiger partial charge in [0.05, 0.1) is 23.6 Å². The van der Waals surface area contributed by atoms with Crippen molar-refractivity contribution < 1.29 is 24.0 Å². The number of allylic oxidation sites excluding steroid dienone is 1. The van der Waals surface area contributed by atoms with Crippen molar-refractivity contribution in [2.45, 2.75) is 26.3 Å². The van der Waals surface area contributed by atoms with Crippen LogP contribution in [0.2, 0.25) is 0 Å². The van der Waals surface area contributed by atoms with E-state index in [1.807, 2.05) is 6.92 Å². The zero-order valence-corrected chi connectivity index (χ0v) is 19.0. The summed E-state index contributed by atoms with van der Waals surface area (Å²) < 4.78 is 4.95. The number of hydrogen-bond acceptors (Lipinski definition) is 6. The van der Waals surface area contributed by atoms with Crippen LogP contribution in [0.3, 0.4) is 0 Å². The number of non-ortho nitro benzene ring substituents is 1. The Morgan fingerprint density at radius 1 is 1.09 bits per heavy atom. The first-order valence-electron chi connectivity index (χ1n) is 10.5. The molecule has 0 bridgehead atoms. The second-order valence-electron chi connectivity index (χ2n) is 7.53. The molecule has 1 unspecified atom stereocenters. The molecule has 0 aliphatic carbocycles. The van der Waals surface area contributed by atoms with Crippen molar-refractivity contribution in [3.8, 4) is 0 Å². The summed E-state index contributed by atoms with van der Waals surface area (Å²) in [6.45, 7) is 4.12. The van der Waals surface area contributed by atoms with Crippen LogP contribution in [0.4, 0.5) is 26.7 Å². The molecule has 1 atom stereocenters. The lowest BCUT2D eigenvalue weighted by molar-refractivity contribution is -0.384. The molecule has 2 aromatic rings. The van der Waals surface area contributed by atoms with E-state index in [1.54, 1.807) is 31.2 Å². The maximum Gasteiger partial charge on any atom is 0.337 e. The number of amides is 4. The molecule has 0 saturated carbocycles. The number of rotatable bonds is 7. The standard InChI is InChI=1S/C23H25N5O6/c1-4-13-27-14(2)19(21(29)34-3)20(26-23(27)31)15-5-7-16(8-6-15)24-22(30)25-17-9-11-18(12-10-17)28(32)33/h5-12,20H,4,13H2,1-3H3,(H,26,31)(H2,24,25,30). The number of carbonyl (C=O) groups is 3. The van der Waals surface area contributed by atoms with Gasteiger partial charge in [0.1, 0.15) is 0 Å². The molecule has 2 aromatic carbocycles. The summed E-state index contributed by atoms with van der Waals surface area (Å²) in [7, 11) is 1.29. The zero-order valence-electron chi connectivity index (χ0n) is 19.0. The number of nitro benzene ring substituents is 1. The molecular formula is C23H25N5O6. The highest BCUT2D eigenvalue weighted by molar-refractivity contribution is 6.00. The molecule has 11 heteroatoms. The molecular weight excluding hydrogens is 442 g/mol. The van der Waals surface area contributed by atoms with Gasteiger partial charge in [-0.3, -0.25) is 15.0 Å². The van der Waals surface area contributed by atoms with Crippen LogP contribution in [-0.4, -0.2) is 41.5 Å². The van der Waals surface area contributed by atoms with Crippen LogP contribution >= 0.6 is 0 Å². The molecule has 0 saturated heterocycles. The number of esters is 1. The van der Waals surface area contributed by atoms with E-state index in [-0.39, 0.29) is 11.7 Å². The Morgan fingerprint density at radius 2 is 1.65 bits per heavy atom. The lowest BCUT2D eigenvalue weighted by Gasteiger charge is -2.35. The van der Waals surface area contributed by atoms with E-state index in [2.05, 4.69) is 16.0 Å². The van der Waals surface area contributed by atoms with E-state index in [0.29, 0.717) is 34.8 Å². The first-order chi connectivity index (χ1) is 16.2. The number of anilines is 2. The van der Waals surface area contributed by atoms with Crippen LogP contribution in [0, 0.1) is 10.1 Å². The van der Waals surface area contributed by atoms with E-state index in [0.717, 1.165) is 6.42 Å². The fourth-order valence-electron chi connectivity index (χ4n) is 3.62. The van der Waals surface area contributed by atoms with Gasteiger partial charge in [0.2, 0.25) is 0 Å². The Hall–Kier alpha value is -4.41. The summed E-state index contributed by atoms with van der Waals surface area (Å²) >= 11 is 0. The number of urea groups is 2. The van der Waals surface area contributed by atoms with Gasteiger partial charge in [0, 0.05) is 35.7 Å². The van der Waals surface area contributed by atoms with Gasteiger partial charge in [-0.05, 0) is 43.2 Å². The van der Waals surface area contributed by atoms with Crippen molar-refractivity contribution in [2.75, 3.05) is 24.3 Å². The van der Waals surface area contributed by atoms with Gasteiger partial charge in [-0.1, -0.05) is 19.1 Å². The van der Waals surface area contributed by atoms with E-state index >= 15 is 0 Å². The van der Waals surface area contributed by atoms with Gasteiger partial charge in [0.15, 0.2) is 0 Å². The van der Waals surface area contributed by atoms with Crippen LogP contribution in [0.5, 0.6) is 0 Å². The third kappa shape index (κ3) is 5.31. The van der Waals surface area contributed by atoms with Crippen LogP contribution in [0.1, 0.15) is 31.9 Å². The topological polar surface area (TPSA) is 143 Å². The number of methoxy groups -OCH3 is 1. The summed E-state index contributed by atoms with van der Waals surface area (Å²) in [6, 6.07) is 10.6. The first kappa shape index (κ1) is 24.2. The quantitative estimate of drug-likeness (QED) is 0.317. The van der Waals surface area contributed by atoms with E-state index < -0.39 is 23.0 Å². The fraction of sp³-hybridized carbons (Fsp3) is 0.261. The Morgan fingerprint density at radius 3 is 2.15 bits per heavy atom. The molecule has 0 aromatic heterocycles. The molecule has 1 aliphatic rings. The van der Waals surface area contributed by atoms with Crippen LogP contribution < -0.4 is 16.0 Å². The number of carbonyl (C=O) groups excluding carboxylic acids is 3. The summed E-state index contributed by atoms with van der Waals surface area (Å²) in [6.07, 6.45) is 0.728. The predicted octanol–water partition coefficient (Wildman–Crippen LogP) is 4.16. The average Bonchev–Trinajstić information content (AvgIpc) is 2.81. The molecule has 0 spiro atoms. The highest BCUT2D eigenvalue weighted by Gasteiger charge is 2.35. The van der Waals surface area contributed by atoms with Crippen molar-refractivity contribution in [1.29, 1.82) is 0 Å². The zero-order chi connectivity index (χ0) is 24.8. The molecule has 0 radical (unpaired) electrons. The average molecular weight is 467 g/mol. The number of nitrogens with one attached hydrogen (secondary N) is 3. The third-order valence-electron chi connectivity index (χ3n) is 5.29. The largest absolute Gasteiger partial charge is 0.466 e. The monoisotopic (exact) mass is 467 g/mol. The maximum atomic E-state index is 12.6. The smallest absolute Gasteiger partial charge is 0.337 e. The highest BCUT2D eigenvalue weighted by Crippen LogP contribution is 2.32. The van der Waals surface area contributed by atoms with Crippen LogP contribution in [-0.2, 0) is 9.53 Å². The minimum absolute atomic E-state index is 0.0789. The van der Waals surface area contributed by atoms with Crippen LogP contribution in [0.15, 0.2) is 59.8 Å². The molecule has 1 aliphatic heterocycles. The van der Waals surface area contributed by atoms with Gasteiger partial charge >= 0.3 is 18.0 Å². The van der Waals surface area contributed by atoms with Crippen molar-refractivity contribution >= 4 is 35.1 Å². The van der Waals surface area contributed by atoms with E-state index in [1.165, 1.54) is 36.3 Å². The Bertz CT molecular complexity index is 1130. The maximum absolute atomic E-state index is 12.6. The summed E-state index contributed by atoms with van der Waals surface area (Å²) in [5.41, 5.74) is 2.30. The second-order valence-corrected chi connectivity index (χ2v) is 7.53. The number of hydrogen-bond donors (Lipinski definition) is 3. The molecule has 3 rings (SSSR count). The second kappa shape index (κ2) is 10.5. The van der Waals surface area contributed by atoms with Gasteiger partial charge in [-0.2, -0.15) is 0 Å². The van der Waals surface area contributed by atoms with Gasteiger partial charge in [-0.15, -0.1) is 0 Å². The van der Waals surface area contributed by atoms with Crippen LogP contribution in [0.25, 0.3) is 0 Å². The molecule has 4 amide bonds. The molecule has 1 heterocycles. The molecule has 178 valence electrons. The Balaban J connectivity index is 1.74. The predicted molar refractivity (Wildman–Crippen MR) is 125 cm³/mol. The van der Waals surface area contributed by atoms with Gasteiger partial charge < -0.3 is 20.7 Å². The Kier molecular flexibility index (Phi) is 7.46. The number of nitrogens with zero attached hydrogens (tertiary/aromatic N) is 2. The first-order valence-corrected chi connectivity index (χ1v) is 10.5. The van der Waals surface area contributed by atoms with Crippen molar-refractivity contribution in [3.63, 3.8) is 0 Å². The van der Waals surface area contributed by atoms with Crippen molar-refractivity contribution in [2.24, 2.45) is 0 Å². The summed E-state index contributed by atoms with van der Waals surface area (Å²) in [5.74, 6) is -0.534. The third-order valence-corrected chi connectivity index (χ3v) is 5.29.